The van der Waals surface area contributed by atoms with Crippen molar-refractivity contribution in [3.05, 3.63) is 36.5 Å². The zero-order chi connectivity index (χ0) is 14.6. The SMILES string of the molecule is CC(C)NS(=O)(=O)c1ccc(NCc2ncon2)cc1. The summed E-state index contributed by atoms with van der Waals surface area (Å²) in [6.45, 7) is 3.96. The number of rotatable bonds is 6. The molecule has 1 aromatic heterocycles. The maximum absolute atomic E-state index is 11.9. The smallest absolute Gasteiger partial charge is 0.240 e. The van der Waals surface area contributed by atoms with E-state index >= 15 is 0 Å². The summed E-state index contributed by atoms with van der Waals surface area (Å²) in [7, 11) is -3.45. The van der Waals surface area contributed by atoms with Crippen LogP contribution in [0.25, 0.3) is 0 Å². The number of hydrogen-bond donors (Lipinski definition) is 2. The van der Waals surface area contributed by atoms with Crippen molar-refractivity contribution in [1.29, 1.82) is 0 Å². The fourth-order valence-electron chi connectivity index (χ4n) is 1.58. The van der Waals surface area contributed by atoms with Crippen LogP contribution in [0, 0.1) is 0 Å². The quantitative estimate of drug-likeness (QED) is 0.835. The third-order valence-electron chi connectivity index (χ3n) is 2.41. The van der Waals surface area contributed by atoms with Crippen LogP contribution >= 0.6 is 0 Å². The molecule has 7 nitrogen and oxygen atoms in total. The number of sulfonamides is 1. The molecule has 8 heteroatoms. The lowest BCUT2D eigenvalue weighted by atomic mass is 10.3. The molecule has 0 aliphatic rings. The van der Waals surface area contributed by atoms with E-state index in [0.717, 1.165) is 5.69 Å². The predicted molar refractivity (Wildman–Crippen MR) is 73.5 cm³/mol. The number of nitrogens with one attached hydrogen (secondary N) is 2. The van der Waals surface area contributed by atoms with Gasteiger partial charge in [0.15, 0.2) is 5.82 Å². The number of aromatic nitrogens is 2. The monoisotopic (exact) mass is 296 g/mol. The Morgan fingerprint density at radius 3 is 2.50 bits per heavy atom. The molecule has 1 aromatic carbocycles. The van der Waals surface area contributed by atoms with E-state index in [2.05, 4.69) is 24.7 Å². The Morgan fingerprint density at radius 2 is 1.95 bits per heavy atom. The van der Waals surface area contributed by atoms with Crippen LogP contribution in [0.1, 0.15) is 19.7 Å². The first-order valence-corrected chi connectivity index (χ1v) is 7.57. The molecule has 2 N–H and O–H groups in total. The second kappa shape index (κ2) is 6.02. The van der Waals surface area contributed by atoms with Crippen molar-refractivity contribution in [1.82, 2.24) is 14.9 Å². The van der Waals surface area contributed by atoms with Gasteiger partial charge in [-0.1, -0.05) is 5.16 Å². The zero-order valence-corrected chi connectivity index (χ0v) is 12.0. The molecule has 0 aliphatic heterocycles. The van der Waals surface area contributed by atoms with Crippen LogP contribution in [0.5, 0.6) is 0 Å². The zero-order valence-electron chi connectivity index (χ0n) is 11.2. The van der Waals surface area contributed by atoms with Gasteiger partial charge in [0.2, 0.25) is 16.4 Å². The van der Waals surface area contributed by atoms with Gasteiger partial charge >= 0.3 is 0 Å². The third kappa shape index (κ3) is 3.78. The highest BCUT2D eigenvalue weighted by Gasteiger charge is 2.14. The molecule has 0 unspecified atom stereocenters. The molecule has 0 atom stereocenters. The van der Waals surface area contributed by atoms with E-state index < -0.39 is 10.0 Å². The largest absolute Gasteiger partial charge is 0.378 e. The molecular formula is C12H16N4O3S. The van der Waals surface area contributed by atoms with Crippen LogP contribution in [-0.4, -0.2) is 24.6 Å². The Bertz CT molecular complexity index is 636. The Morgan fingerprint density at radius 1 is 1.25 bits per heavy atom. The average molecular weight is 296 g/mol. The minimum absolute atomic E-state index is 0.143. The number of anilines is 1. The normalized spacial score (nSPS) is 11.8. The van der Waals surface area contributed by atoms with E-state index in [9.17, 15) is 8.42 Å². The minimum atomic E-state index is -3.45. The molecule has 2 aromatic rings. The van der Waals surface area contributed by atoms with Gasteiger partial charge in [-0.3, -0.25) is 0 Å². The van der Waals surface area contributed by atoms with Gasteiger partial charge in [-0.05, 0) is 38.1 Å². The van der Waals surface area contributed by atoms with Crippen molar-refractivity contribution in [2.75, 3.05) is 5.32 Å². The van der Waals surface area contributed by atoms with Gasteiger partial charge < -0.3 is 9.84 Å². The standard InChI is InChI=1S/C12H16N4O3S/c1-9(2)16-20(17,18)11-5-3-10(4-6-11)13-7-12-14-8-19-15-12/h3-6,8-9,13,16H,7H2,1-2H3. The molecule has 0 aliphatic carbocycles. The van der Waals surface area contributed by atoms with Gasteiger partial charge in [0.25, 0.3) is 0 Å². The summed E-state index contributed by atoms with van der Waals surface area (Å²) in [6.07, 6.45) is 1.25. The molecule has 1 heterocycles. The van der Waals surface area contributed by atoms with Gasteiger partial charge in [-0.2, -0.15) is 4.98 Å². The Labute approximate surface area is 117 Å². The molecule has 0 saturated heterocycles. The van der Waals surface area contributed by atoms with Crippen LogP contribution in [0.3, 0.4) is 0 Å². The van der Waals surface area contributed by atoms with E-state index in [1.165, 1.54) is 6.39 Å². The van der Waals surface area contributed by atoms with Crippen LogP contribution in [0.2, 0.25) is 0 Å². The van der Waals surface area contributed by atoms with Crippen molar-refractivity contribution in [3.8, 4) is 0 Å². The highest BCUT2D eigenvalue weighted by Crippen LogP contribution is 2.14. The summed E-state index contributed by atoms with van der Waals surface area (Å²) >= 11 is 0. The Hall–Kier alpha value is -1.93. The molecular weight excluding hydrogens is 280 g/mol. The lowest BCUT2D eigenvalue weighted by Crippen LogP contribution is -2.30. The first-order valence-electron chi connectivity index (χ1n) is 6.09. The molecule has 0 bridgehead atoms. The van der Waals surface area contributed by atoms with Gasteiger partial charge in [-0.25, -0.2) is 13.1 Å². The third-order valence-corrected chi connectivity index (χ3v) is 4.09. The second-order valence-electron chi connectivity index (χ2n) is 4.50. The van der Waals surface area contributed by atoms with Crippen molar-refractivity contribution >= 4 is 15.7 Å². The molecule has 2 rings (SSSR count). The van der Waals surface area contributed by atoms with Gasteiger partial charge in [0.1, 0.15) is 0 Å². The second-order valence-corrected chi connectivity index (χ2v) is 6.22. The summed E-state index contributed by atoms with van der Waals surface area (Å²) in [5.74, 6) is 0.531. The van der Waals surface area contributed by atoms with E-state index in [1.54, 1.807) is 38.1 Å². The lowest BCUT2D eigenvalue weighted by molar-refractivity contribution is 0.411. The molecule has 0 amide bonds. The predicted octanol–water partition coefficient (Wildman–Crippen LogP) is 1.37. The number of nitrogens with zero attached hydrogens (tertiary/aromatic N) is 2. The van der Waals surface area contributed by atoms with E-state index in [1.807, 2.05) is 0 Å². The summed E-state index contributed by atoms with van der Waals surface area (Å²) in [5.41, 5.74) is 0.776. The van der Waals surface area contributed by atoms with Crippen molar-refractivity contribution in [3.63, 3.8) is 0 Å². The Kier molecular flexibility index (Phi) is 4.35. The fraction of sp³-hybridized carbons (Fsp3) is 0.333. The fourth-order valence-corrected chi connectivity index (χ4v) is 2.83. The number of benzene rings is 1. The minimum Gasteiger partial charge on any atom is -0.378 e. The molecule has 108 valence electrons. The highest BCUT2D eigenvalue weighted by atomic mass is 32.2. The van der Waals surface area contributed by atoms with Crippen molar-refractivity contribution < 1.29 is 12.9 Å². The topological polar surface area (TPSA) is 97.1 Å². The molecule has 0 spiro atoms. The van der Waals surface area contributed by atoms with E-state index in [0.29, 0.717) is 12.4 Å². The summed E-state index contributed by atoms with van der Waals surface area (Å²) in [5, 5.41) is 6.73. The van der Waals surface area contributed by atoms with Crippen LogP contribution < -0.4 is 10.0 Å². The Balaban J connectivity index is 2.02. The van der Waals surface area contributed by atoms with Gasteiger partial charge in [-0.15, -0.1) is 0 Å². The van der Waals surface area contributed by atoms with Crippen LogP contribution in [-0.2, 0) is 16.6 Å². The maximum atomic E-state index is 11.9. The molecule has 0 fully saturated rings. The van der Waals surface area contributed by atoms with Crippen molar-refractivity contribution in [2.45, 2.75) is 31.3 Å². The summed E-state index contributed by atoms with van der Waals surface area (Å²) in [4.78, 5) is 4.11. The maximum Gasteiger partial charge on any atom is 0.240 e. The van der Waals surface area contributed by atoms with Crippen LogP contribution in [0.4, 0.5) is 5.69 Å². The molecule has 0 saturated carbocycles. The summed E-state index contributed by atoms with van der Waals surface area (Å²) < 4.78 is 31.0. The van der Waals surface area contributed by atoms with Gasteiger partial charge in [0, 0.05) is 11.7 Å². The average Bonchev–Trinajstić information content (AvgIpc) is 2.88. The molecule has 20 heavy (non-hydrogen) atoms. The highest BCUT2D eigenvalue weighted by molar-refractivity contribution is 7.89. The van der Waals surface area contributed by atoms with E-state index in [4.69, 9.17) is 0 Å². The van der Waals surface area contributed by atoms with Crippen LogP contribution in [0.15, 0.2) is 40.1 Å². The lowest BCUT2D eigenvalue weighted by Gasteiger charge is -2.10. The molecule has 0 radical (unpaired) electrons. The first-order chi connectivity index (χ1) is 9.47. The van der Waals surface area contributed by atoms with E-state index in [-0.39, 0.29) is 10.9 Å². The first kappa shape index (κ1) is 14.5. The van der Waals surface area contributed by atoms with Crippen molar-refractivity contribution in [2.24, 2.45) is 0 Å². The number of hydrogen-bond acceptors (Lipinski definition) is 6. The van der Waals surface area contributed by atoms with Gasteiger partial charge in [0.05, 0.1) is 11.4 Å². The summed E-state index contributed by atoms with van der Waals surface area (Å²) in [6, 6.07) is 6.33.